The molecule has 0 spiro atoms. The van der Waals surface area contributed by atoms with Crippen LogP contribution in [0.4, 0.5) is 5.95 Å². The summed E-state index contributed by atoms with van der Waals surface area (Å²) >= 11 is 0. The number of rotatable bonds is 6. The molecule has 1 unspecified atom stereocenters. The van der Waals surface area contributed by atoms with Gasteiger partial charge in [0, 0.05) is 38.1 Å². The maximum atomic E-state index is 11.8. The van der Waals surface area contributed by atoms with Crippen LogP contribution in [0.25, 0.3) is 0 Å². The first-order valence-corrected chi connectivity index (χ1v) is 7.26. The van der Waals surface area contributed by atoms with Crippen LogP contribution in [0.5, 0.6) is 0 Å². The zero-order valence-electron chi connectivity index (χ0n) is 12.2. The topological polar surface area (TPSA) is 70.2 Å². The highest BCUT2D eigenvalue weighted by atomic mass is 16.2. The van der Waals surface area contributed by atoms with E-state index in [1.807, 2.05) is 17.3 Å². The number of anilines is 1. The van der Waals surface area contributed by atoms with E-state index in [0.717, 1.165) is 44.5 Å². The highest BCUT2D eigenvalue weighted by Crippen LogP contribution is 2.22. The molecule has 1 aliphatic rings. The second kappa shape index (κ2) is 7.19. The minimum absolute atomic E-state index is 0.0415. The predicted molar refractivity (Wildman–Crippen MR) is 78.5 cm³/mol. The minimum atomic E-state index is -0.135. The Morgan fingerprint density at radius 2 is 2.20 bits per heavy atom. The van der Waals surface area contributed by atoms with Crippen molar-refractivity contribution in [1.29, 1.82) is 0 Å². The highest BCUT2D eigenvalue weighted by molar-refractivity contribution is 5.84. The zero-order chi connectivity index (χ0) is 14.4. The first kappa shape index (κ1) is 14.7. The summed E-state index contributed by atoms with van der Waals surface area (Å²) in [5.41, 5.74) is 1.07. The predicted octanol–water partition coefficient (Wildman–Crippen LogP) is 0.691. The molecule has 2 heterocycles. The summed E-state index contributed by atoms with van der Waals surface area (Å²) < 4.78 is 0. The van der Waals surface area contributed by atoms with Crippen molar-refractivity contribution in [1.82, 2.24) is 20.6 Å². The van der Waals surface area contributed by atoms with Gasteiger partial charge in [0.1, 0.15) is 6.04 Å². The van der Waals surface area contributed by atoms with Crippen LogP contribution in [0.2, 0.25) is 0 Å². The average molecular weight is 277 g/mol. The number of nitrogens with one attached hydrogen (secondary N) is 2. The number of carbonyl (C=O) groups is 1. The molecule has 0 aromatic carbocycles. The van der Waals surface area contributed by atoms with Crippen molar-refractivity contribution in [2.45, 2.75) is 38.8 Å². The van der Waals surface area contributed by atoms with Crippen LogP contribution in [-0.4, -0.2) is 42.1 Å². The van der Waals surface area contributed by atoms with Gasteiger partial charge in [-0.25, -0.2) is 9.97 Å². The van der Waals surface area contributed by atoms with E-state index in [-0.39, 0.29) is 11.9 Å². The lowest BCUT2D eigenvalue weighted by Crippen LogP contribution is -2.42. The summed E-state index contributed by atoms with van der Waals surface area (Å²) in [5, 5.41) is 6.02. The molecule has 0 aliphatic carbocycles. The number of amides is 1. The lowest BCUT2D eigenvalue weighted by Gasteiger charge is -2.23. The summed E-state index contributed by atoms with van der Waals surface area (Å²) in [6.45, 7) is 4.75. The third-order valence-electron chi connectivity index (χ3n) is 3.51. The smallest absolute Gasteiger partial charge is 0.242 e. The summed E-state index contributed by atoms with van der Waals surface area (Å²) in [7, 11) is 1.67. The van der Waals surface area contributed by atoms with Gasteiger partial charge in [0.15, 0.2) is 0 Å². The van der Waals surface area contributed by atoms with Gasteiger partial charge in [0.05, 0.1) is 0 Å². The lowest BCUT2D eigenvalue weighted by molar-refractivity contribution is -0.121. The standard InChI is InChI=1S/C14H23N5O/c1-3-6-16-8-11-9-17-14(18-10-11)19-7-4-5-12(19)13(20)15-2/h9-10,12,16H,3-8H2,1-2H3,(H,15,20). The molecule has 2 N–H and O–H groups in total. The van der Waals surface area contributed by atoms with E-state index in [4.69, 9.17) is 0 Å². The molecule has 1 amide bonds. The molecule has 1 aromatic rings. The van der Waals surface area contributed by atoms with Crippen molar-refractivity contribution in [2.24, 2.45) is 0 Å². The number of likely N-dealkylation sites (N-methyl/N-ethyl adjacent to an activating group) is 1. The van der Waals surface area contributed by atoms with Gasteiger partial charge in [-0.15, -0.1) is 0 Å². The Bertz CT molecular complexity index is 434. The van der Waals surface area contributed by atoms with Crippen molar-refractivity contribution >= 4 is 11.9 Å². The van der Waals surface area contributed by atoms with Crippen LogP contribution in [0.1, 0.15) is 31.7 Å². The van der Waals surface area contributed by atoms with Crippen molar-refractivity contribution < 1.29 is 4.79 Å². The first-order valence-electron chi connectivity index (χ1n) is 7.26. The van der Waals surface area contributed by atoms with Crippen LogP contribution < -0.4 is 15.5 Å². The Morgan fingerprint density at radius 1 is 1.45 bits per heavy atom. The monoisotopic (exact) mass is 277 g/mol. The molecule has 6 nitrogen and oxygen atoms in total. The van der Waals surface area contributed by atoms with Crippen LogP contribution in [0.3, 0.4) is 0 Å². The second-order valence-electron chi connectivity index (χ2n) is 5.03. The normalized spacial score (nSPS) is 18.3. The molecule has 1 atom stereocenters. The Kier molecular flexibility index (Phi) is 5.29. The van der Waals surface area contributed by atoms with Crippen LogP contribution >= 0.6 is 0 Å². The van der Waals surface area contributed by atoms with Gasteiger partial charge in [-0.05, 0) is 25.8 Å². The molecule has 0 bridgehead atoms. The largest absolute Gasteiger partial charge is 0.357 e. The van der Waals surface area contributed by atoms with Crippen molar-refractivity contribution in [2.75, 3.05) is 25.0 Å². The Morgan fingerprint density at radius 3 is 2.85 bits per heavy atom. The molecule has 1 saturated heterocycles. The zero-order valence-corrected chi connectivity index (χ0v) is 12.2. The number of nitrogens with zero attached hydrogens (tertiary/aromatic N) is 3. The van der Waals surface area contributed by atoms with Crippen LogP contribution in [0, 0.1) is 0 Å². The van der Waals surface area contributed by atoms with E-state index in [9.17, 15) is 4.79 Å². The fraction of sp³-hybridized carbons (Fsp3) is 0.643. The van der Waals surface area contributed by atoms with E-state index < -0.39 is 0 Å². The number of hydrogen-bond donors (Lipinski definition) is 2. The highest BCUT2D eigenvalue weighted by Gasteiger charge is 2.31. The van der Waals surface area contributed by atoms with Gasteiger partial charge in [-0.3, -0.25) is 4.79 Å². The molecule has 1 aliphatic heterocycles. The van der Waals surface area contributed by atoms with Gasteiger partial charge < -0.3 is 15.5 Å². The molecule has 0 saturated carbocycles. The van der Waals surface area contributed by atoms with E-state index in [0.29, 0.717) is 5.95 Å². The lowest BCUT2D eigenvalue weighted by atomic mass is 10.2. The van der Waals surface area contributed by atoms with Crippen molar-refractivity contribution in [3.8, 4) is 0 Å². The fourth-order valence-electron chi connectivity index (χ4n) is 2.44. The molecule has 110 valence electrons. The first-order chi connectivity index (χ1) is 9.76. The quantitative estimate of drug-likeness (QED) is 0.749. The maximum Gasteiger partial charge on any atom is 0.242 e. The third-order valence-corrected chi connectivity index (χ3v) is 3.51. The summed E-state index contributed by atoms with van der Waals surface area (Å²) in [5.74, 6) is 0.690. The van der Waals surface area contributed by atoms with Gasteiger partial charge in [-0.1, -0.05) is 6.92 Å². The Balaban J connectivity index is 2.00. The van der Waals surface area contributed by atoms with Gasteiger partial charge in [0.2, 0.25) is 11.9 Å². The summed E-state index contributed by atoms with van der Waals surface area (Å²) in [6.07, 6.45) is 6.65. The van der Waals surface area contributed by atoms with Gasteiger partial charge in [0.25, 0.3) is 0 Å². The molecule has 1 aromatic heterocycles. The molecule has 6 heteroatoms. The number of hydrogen-bond acceptors (Lipinski definition) is 5. The van der Waals surface area contributed by atoms with E-state index in [2.05, 4.69) is 27.5 Å². The van der Waals surface area contributed by atoms with Crippen LogP contribution in [0.15, 0.2) is 12.4 Å². The summed E-state index contributed by atoms with van der Waals surface area (Å²) in [6, 6.07) is -0.135. The summed E-state index contributed by atoms with van der Waals surface area (Å²) in [4.78, 5) is 22.6. The third kappa shape index (κ3) is 3.45. The number of carbonyl (C=O) groups excluding carboxylic acids is 1. The van der Waals surface area contributed by atoms with E-state index in [1.165, 1.54) is 0 Å². The fourth-order valence-corrected chi connectivity index (χ4v) is 2.44. The Hall–Kier alpha value is -1.69. The second-order valence-corrected chi connectivity index (χ2v) is 5.03. The molecule has 2 rings (SSSR count). The van der Waals surface area contributed by atoms with Crippen molar-refractivity contribution in [3.05, 3.63) is 18.0 Å². The van der Waals surface area contributed by atoms with Gasteiger partial charge in [-0.2, -0.15) is 0 Å². The maximum absolute atomic E-state index is 11.8. The minimum Gasteiger partial charge on any atom is -0.357 e. The molecular formula is C14H23N5O. The Labute approximate surface area is 120 Å². The van der Waals surface area contributed by atoms with Crippen LogP contribution in [-0.2, 0) is 11.3 Å². The molecule has 1 fully saturated rings. The van der Waals surface area contributed by atoms with E-state index >= 15 is 0 Å². The number of aromatic nitrogens is 2. The molecule has 0 radical (unpaired) electrons. The molecule has 20 heavy (non-hydrogen) atoms. The van der Waals surface area contributed by atoms with Gasteiger partial charge >= 0.3 is 0 Å². The molecular weight excluding hydrogens is 254 g/mol. The van der Waals surface area contributed by atoms with Crippen molar-refractivity contribution in [3.63, 3.8) is 0 Å². The average Bonchev–Trinajstić information content (AvgIpc) is 2.97. The SMILES string of the molecule is CCCNCc1cnc(N2CCCC2C(=O)NC)nc1. The van der Waals surface area contributed by atoms with E-state index in [1.54, 1.807) is 7.05 Å².